The van der Waals surface area contributed by atoms with Gasteiger partial charge in [-0.15, -0.1) is 0 Å². The average Bonchev–Trinajstić information content (AvgIpc) is 2.65. The largest absolute Gasteiger partial charge is 0.303 e. The topological polar surface area (TPSA) is 3.24 Å². The molecule has 1 nitrogen and oxygen atoms in total. The second-order valence-corrected chi connectivity index (χ2v) is 7.69. The summed E-state index contributed by atoms with van der Waals surface area (Å²) in [6.07, 6.45) is 9.50. The first-order chi connectivity index (χ1) is 9.56. The van der Waals surface area contributed by atoms with Crippen molar-refractivity contribution in [2.75, 3.05) is 25.4 Å². The van der Waals surface area contributed by atoms with Crippen molar-refractivity contribution in [1.82, 2.24) is 4.90 Å². The van der Waals surface area contributed by atoms with E-state index in [9.17, 15) is 0 Å². The molecule has 0 bridgehead atoms. The number of rotatable bonds is 8. The van der Waals surface area contributed by atoms with Gasteiger partial charge in [0.25, 0.3) is 0 Å². The van der Waals surface area contributed by atoms with E-state index >= 15 is 0 Å². The number of nitrogens with zero attached hydrogens (tertiary/aromatic N) is 1. The van der Waals surface area contributed by atoms with Gasteiger partial charge in [-0.1, -0.05) is 40.5 Å². The van der Waals surface area contributed by atoms with Crippen LogP contribution in [-0.2, 0) is 0 Å². The van der Waals surface area contributed by atoms with E-state index in [1.54, 1.807) is 0 Å². The van der Waals surface area contributed by atoms with Gasteiger partial charge in [0.05, 0.1) is 0 Å². The Balaban J connectivity index is 2.59. The summed E-state index contributed by atoms with van der Waals surface area (Å²) in [4.78, 5) is 2.75. The Morgan fingerprint density at radius 1 is 1.10 bits per heavy atom. The third-order valence-corrected chi connectivity index (χ3v) is 5.93. The van der Waals surface area contributed by atoms with Crippen LogP contribution < -0.4 is 0 Å². The van der Waals surface area contributed by atoms with Crippen LogP contribution in [0.4, 0.5) is 0 Å². The highest BCUT2D eigenvalue weighted by Crippen LogP contribution is 2.34. The summed E-state index contributed by atoms with van der Waals surface area (Å²) in [6.45, 7) is 13.3. The van der Waals surface area contributed by atoms with Crippen molar-refractivity contribution >= 4 is 12.6 Å². The van der Waals surface area contributed by atoms with Gasteiger partial charge >= 0.3 is 0 Å². The van der Waals surface area contributed by atoms with Gasteiger partial charge in [-0.2, -0.15) is 12.6 Å². The molecule has 0 aromatic heterocycles. The minimum atomic E-state index is 0.463. The first kappa shape index (κ1) is 18.4. The monoisotopic (exact) mass is 299 g/mol. The van der Waals surface area contributed by atoms with Crippen LogP contribution >= 0.6 is 12.6 Å². The predicted octanol–water partition coefficient (Wildman–Crippen LogP) is 5.26. The standard InChI is InChI=1S/C18H37NS/c1-5-10-18(15-20,11-6-2)14-19-12-7-8-17(9-13-19)16(3)4/h16-17,20H,5-15H2,1-4H3. The van der Waals surface area contributed by atoms with Crippen LogP contribution in [0.25, 0.3) is 0 Å². The lowest BCUT2D eigenvalue weighted by molar-refractivity contribution is 0.148. The summed E-state index contributed by atoms with van der Waals surface area (Å²) >= 11 is 4.72. The lowest BCUT2D eigenvalue weighted by Gasteiger charge is -2.37. The molecule has 1 unspecified atom stereocenters. The van der Waals surface area contributed by atoms with E-state index in [4.69, 9.17) is 12.6 Å². The minimum Gasteiger partial charge on any atom is -0.303 e. The highest BCUT2D eigenvalue weighted by atomic mass is 32.1. The maximum atomic E-state index is 4.72. The highest BCUT2D eigenvalue weighted by molar-refractivity contribution is 7.80. The van der Waals surface area contributed by atoms with Gasteiger partial charge < -0.3 is 4.90 Å². The van der Waals surface area contributed by atoms with Gasteiger partial charge in [0.15, 0.2) is 0 Å². The molecule has 20 heavy (non-hydrogen) atoms. The number of thiol groups is 1. The molecule has 1 aliphatic rings. The Bertz CT molecular complexity index is 246. The fourth-order valence-corrected chi connectivity index (χ4v) is 4.45. The lowest BCUT2D eigenvalue weighted by atomic mass is 9.80. The van der Waals surface area contributed by atoms with Gasteiger partial charge in [0.1, 0.15) is 0 Å². The average molecular weight is 300 g/mol. The lowest BCUT2D eigenvalue weighted by Crippen LogP contribution is -2.40. The molecule has 0 N–H and O–H groups in total. The zero-order chi connectivity index (χ0) is 15.0. The van der Waals surface area contributed by atoms with E-state index in [0.717, 1.165) is 17.6 Å². The molecule has 1 heterocycles. The third-order valence-electron chi connectivity index (χ3n) is 5.26. The maximum absolute atomic E-state index is 4.72. The summed E-state index contributed by atoms with van der Waals surface area (Å²) in [5.74, 6) is 2.86. The van der Waals surface area contributed by atoms with Crippen molar-refractivity contribution < 1.29 is 0 Å². The van der Waals surface area contributed by atoms with Crippen molar-refractivity contribution in [3.8, 4) is 0 Å². The van der Waals surface area contributed by atoms with Crippen LogP contribution in [-0.4, -0.2) is 30.3 Å². The molecule has 120 valence electrons. The molecular weight excluding hydrogens is 262 g/mol. The van der Waals surface area contributed by atoms with E-state index in [0.29, 0.717) is 5.41 Å². The second kappa shape index (κ2) is 9.35. The molecular formula is C18H37NS. The van der Waals surface area contributed by atoms with Crippen LogP contribution in [0, 0.1) is 17.3 Å². The van der Waals surface area contributed by atoms with Crippen LogP contribution in [0.5, 0.6) is 0 Å². The second-order valence-electron chi connectivity index (χ2n) is 7.37. The first-order valence-corrected chi connectivity index (χ1v) is 9.53. The van der Waals surface area contributed by atoms with E-state index in [1.165, 1.54) is 64.6 Å². The summed E-state index contributed by atoms with van der Waals surface area (Å²) in [7, 11) is 0. The van der Waals surface area contributed by atoms with Gasteiger partial charge in [0.2, 0.25) is 0 Å². The Labute approximate surface area is 133 Å². The summed E-state index contributed by atoms with van der Waals surface area (Å²) in [5.41, 5.74) is 0.463. The Kier molecular flexibility index (Phi) is 8.59. The van der Waals surface area contributed by atoms with Gasteiger partial charge in [-0.3, -0.25) is 0 Å². The highest BCUT2D eigenvalue weighted by Gasteiger charge is 2.30. The van der Waals surface area contributed by atoms with Crippen LogP contribution in [0.1, 0.15) is 72.6 Å². The van der Waals surface area contributed by atoms with Crippen LogP contribution in [0.3, 0.4) is 0 Å². The SMILES string of the molecule is CCCC(CS)(CCC)CN1CCCC(C(C)C)CC1. The summed E-state index contributed by atoms with van der Waals surface area (Å²) < 4.78 is 0. The van der Waals surface area contributed by atoms with Gasteiger partial charge in [0, 0.05) is 6.54 Å². The van der Waals surface area contributed by atoms with Crippen molar-refractivity contribution in [2.45, 2.75) is 72.6 Å². The molecule has 2 heteroatoms. The summed E-state index contributed by atoms with van der Waals surface area (Å²) in [6, 6.07) is 0. The maximum Gasteiger partial charge on any atom is 0.00458 e. The molecule has 1 rings (SSSR count). The number of likely N-dealkylation sites (tertiary alicyclic amines) is 1. The van der Waals surface area contributed by atoms with E-state index < -0.39 is 0 Å². The van der Waals surface area contributed by atoms with Crippen molar-refractivity contribution in [3.05, 3.63) is 0 Å². The quantitative estimate of drug-likeness (QED) is 0.598. The molecule has 0 saturated carbocycles. The van der Waals surface area contributed by atoms with E-state index in [1.807, 2.05) is 0 Å². The Hall–Kier alpha value is 0.310. The normalized spacial score (nSPS) is 22.2. The molecule has 0 aliphatic carbocycles. The van der Waals surface area contributed by atoms with E-state index in [-0.39, 0.29) is 0 Å². The summed E-state index contributed by atoms with van der Waals surface area (Å²) in [5, 5.41) is 0. The molecule has 0 spiro atoms. The Morgan fingerprint density at radius 2 is 1.75 bits per heavy atom. The van der Waals surface area contributed by atoms with Crippen molar-refractivity contribution in [2.24, 2.45) is 17.3 Å². The number of hydrogen-bond donors (Lipinski definition) is 1. The first-order valence-electron chi connectivity index (χ1n) is 8.90. The molecule has 1 aliphatic heterocycles. The van der Waals surface area contributed by atoms with Gasteiger partial charge in [-0.25, -0.2) is 0 Å². The molecule has 0 radical (unpaired) electrons. The molecule has 0 aromatic rings. The molecule has 1 saturated heterocycles. The fraction of sp³-hybridized carbons (Fsp3) is 1.00. The van der Waals surface area contributed by atoms with Crippen LogP contribution in [0.2, 0.25) is 0 Å². The van der Waals surface area contributed by atoms with Crippen LogP contribution in [0.15, 0.2) is 0 Å². The fourth-order valence-electron chi connectivity index (χ4n) is 4.03. The molecule has 1 atom stereocenters. The van der Waals surface area contributed by atoms with Gasteiger partial charge in [-0.05, 0) is 68.2 Å². The zero-order valence-corrected chi connectivity index (χ0v) is 15.2. The zero-order valence-electron chi connectivity index (χ0n) is 14.3. The van der Waals surface area contributed by atoms with Crippen molar-refractivity contribution in [3.63, 3.8) is 0 Å². The number of hydrogen-bond acceptors (Lipinski definition) is 2. The molecule has 1 fully saturated rings. The van der Waals surface area contributed by atoms with E-state index in [2.05, 4.69) is 32.6 Å². The van der Waals surface area contributed by atoms with Crippen molar-refractivity contribution in [1.29, 1.82) is 0 Å². The smallest absolute Gasteiger partial charge is 0.00458 e. The molecule has 0 aromatic carbocycles. The Morgan fingerprint density at radius 3 is 2.25 bits per heavy atom. The predicted molar refractivity (Wildman–Crippen MR) is 94.7 cm³/mol. The minimum absolute atomic E-state index is 0.463. The molecule has 0 amide bonds. The third kappa shape index (κ3) is 5.60.